The Kier molecular flexibility index (Phi) is 5.42. The van der Waals surface area contributed by atoms with Crippen molar-refractivity contribution in [1.82, 2.24) is 24.9 Å². The van der Waals surface area contributed by atoms with Gasteiger partial charge in [-0.3, -0.25) is 4.57 Å². The summed E-state index contributed by atoms with van der Waals surface area (Å²) in [5.41, 5.74) is 2.31. The van der Waals surface area contributed by atoms with E-state index in [1.54, 1.807) is 11.8 Å². The molecule has 0 atom stereocenters. The van der Waals surface area contributed by atoms with Crippen molar-refractivity contribution in [3.63, 3.8) is 0 Å². The third-order valence-corrected chi connectivity index (χ3v) is 5.61. The molecule has 0 saturated carbocycles. The minimum absolute atomic E-state index is 0.580. The van der Waals surface area contributed by atoms with Crippen LogP contribution in [0.15, 0.2) is 33.9 Å². The average molecular weight is 385 g/mol. The zero-order valence-electron chi connectivity index (χ0n) is 15.8. The molecule has 0 unspecified atom stereocenters. The van der Waals surface area contributed by atoms with E-state index in [-0.39, 0.29) is 0 Å². The molecule has 1 fully saturated rings. The van der Waals surface area contributed by atoms with Gasteiger partial charge in [-0.1, -0.05) is 41.5 Å². The van der Waals surface area contributed by atoms with Gasteiger partial charge in [-0.2, -0.15) is 4.98 Å². The van der Waals surface area contributed by atoms with Crippen molar-refractivity contribution in [1.29, 1.82) is 0 Å². The van der Waals surface area contributed by atoms with Crippen LogP contribution >= 0.6 is 11.8 Å². The summed E-state index contributed by atoms with van der Waals surface area (Å²) in [6.07, 6.45) is 4.45. The van der Waals surface area contributed by atoms with Crippen molar-refractivity contribution in [3.8, 4) is 5.69 Å². The maximum Gasteiger partial charge on any atom is 0.237 e. The minimum atomic E-state index is 0.580. The topological polar surface area (TPSA) is 72.9 Å². The lowest BCUT2D eigenvalue weighted by atomic mass is 10.1. The first-order valence-electron chi connectivity index (χ1n) is 9.46. The summed E-state index contributed by atoms with van der Waals surface area (Å²) in [5.74, 6) is 2.85. The van der Waals surface area contributed by atoms with Crippen LogP contribution in [0, 0.1) is 6.92 Å². The summed E-state index contributed by atoms with van der Waals surface area (Å²) in [6, 6.07) is 8.49. The maximum atomic E-state index is 5.31. The number of anilines is 1. The highest BCUT2D eigenvalue weighted by atomic mass is 32.2. The monoisotopic (exact) mass is 384 g/mol. The van der Waals surface area contributed by atoms with Gasteiger partial charge in [-0.25, -0.2) is 0 Å². The van der Waals surface area contributed by atoms with E-state index in [1.807, 2.05) is 6.92 Å². The van der Waals surface area contributed by atoms with Gasteiger partial charge in [-0.15, -0.1) is 10.2 Å². The molecule has 7 nitrogen and oxygen atoms in total. The second-order valence-electron chi connectivity index (χ2n) is 6.75. The zero-order valence-corrected chi connectivity index (χ0v) is 16.6. The van der Waals surface area contributed by atoms with Gasteiger partial charge in [0.2, 0.25) is 11.8 Å². The number of rotatable bonds is 6. The predicted octanol–water partition coefficient (Wildman–Crippen LogP) is 3.80. The summed E-state index contributed by atoms with van der Waals surface area (Å²) >= 11 is 1.57. The fraction of sp³-hybridized carbons (Fsp3) is 0.474. The largest absolute Gasteiger partial charge is 0.341 e. The lowest BCUT2D eigenvalue weighted by molar-refractivity contribution is 0.385. The third-order valence-electron chi connectivity index (χ3n) is 4.70. The van der Waals surface area contributed by atoms with E-state index in [9.17, 15) is 0 Å². The molecule has 0 bridgehead atoms. The number of piperidine rings is 1. The van der Waals surface area contributed by atoms with E-state index in [0.29, 0.717) is 11.6 Å². The Morgan fingerprint density at radius 3 is 2.56 bits per heavy atom. The molecule has 1 aliphatic heterocycles. The molecule has 3 heterocycles. The molecule has 0 spiro atoms. The molecule has 142 valence electrons. The summed E-state index contributed by atoms with van der Waals surface area (Å²) in [7, 11) is 0. The molecule has 0 amide bonds. The molecule has 1 aromatic carbocycles. The van der Waals surface area contributed by atoms with Crippen LogP contribution in [0.1, 0.15) is 43.5 Å². The van der Waals surface area contributed by atoms with Crippen molar-refractivity contribution < 1.29 is 4.52 Å². The highest BCUT2D eigenvalue weighted by molar-refractivity contribution is 7.98. The third kappa shape index (κ3) is 4.00. The summed E-state index contributed by atoms with van der Waals surface area (Å²) in [6.45, 7) is 6.16. The molecule has 1 saturated heterocycles. The molecule has 0 aliphatic carbocycles. The highest BCUT2D eigenvalue weighted by Gasteiger charge is 2.22. The molecule has 27 heavy (non-hydrogen) atoms. The van der Waals surface area contributed by atoms with Crippen molar-refractivity contribution in [2.24, 2.45) is 0 Å². The van der Waals surface area contributed by atoms with Crippen LogP contribution in [0.5, 0.6) is 0 Å². The van der Waals surface area contributed by atoms with Crippen LogP contribution < -0.4 is 4.90 Å². The summed E-state index contributed by atoms with van der Waals surface area (Å²) in [4.78, 5) is 6.72. The lowest BCUT2D eigenvalue weighted by Crippen LogP contribution is -2.31. The second-order valence-corrected chi connectivity index (χ2v) is 7.69. The van der Waals surface area contributed by atoms with Gasteiger partial charge < -0.3 is 9.42 Å². The standard InChI is InChI=1S/C19H24N6OS/c1-3-16-20-17(26-23-16)13-27-19-22-21-18(24-11-5-4-6-12-24)25(19)15-9-7-14(2)8-10-15/h7-10H,3-6,11-13H2,1-2H3. The number of hydrogen-bond donors (Lipinski definition) is 0. The Labute approximate surface area is 163 Å². The lowest BCUT2D eigenvalue weighted by Gasteiger charge is -2.27. The van der Waals surface area contributed by atoms with E-state index >= 15 is 0 Å². The molecule has 2 aromatic heterocycles. The quantitative estimate of drug-likeness (QED) is 0.598. The Bertz CT molecular complexity index is 882. The van der Waals surface area contributed by atoms with Crippen LogP contribution in [-0.2, 0) is 12.2 Å². The molecular weight excluding hydrogens is 360 g/mol. The first-order chi connectivity index (χ1) is 13.2. The normalized spacial score (nSPS) is 14.7. The van der Waals surface area contributed by atoms with Crippen LogP contribution in [0.3, 0.4) is 0 Å². The fourth-order valence-corrected chi connectivity index (χ4v) is 3.98. The fourth-order valence-electron chi connectivity index (χ4n) is 3.19. The summed E-state index contributed by atoms with van der Waals surface area (Å²) in [5, 5.41) is 13.8. The smallest absolute Gasteiger partial charge is 0.237 e. The molecule has 8 heteroatoms. The van der Waals surface area contributed by atoms with E-state index in [0.717, 1.165) is 42.1 Å². The second kappa shape index (κ2) is 8.12. The molecule has 0 N–H and O–H groups in total. The minimum Gasteiger partial charge on any atom is -0.341 e. The Balaban J connectivity index is 1.63. The first kappa shape index (κ1) is 18.0. The number of benzene rings is 1. The van der Waals surface area contributed by atoms with Gasteiger partial charge in [-0.05, 0) is 38.3 Å². The predicted molar refractivity (Wildman–Crippen MR) is 105 cm³/mol. The van der Waals surface area contributed by atoms with Gasteiger partial charge in [0.05, 0.1) is 11.4 Å². The van der Waals surface area contributed by atoms with Crippen molar-refractivity contribution in [2.75, 3.05) is 18.0 Å². The van der Waals surface area contributed by atoms with Gasteiger partial charge >= 0.3 is 0 Å². The zero-order chi connectivity index (χ0) is 18.6. The van der Waals surface area contributed by atoms with E-state index in [1.165, 1.54) is 24.8 Å². The maximum absolute atomic E-state index is 5.31. The molecule has 3 aromatic rings. The molecule has 1 aliphatic rings. The van der Waals surface area contributed by atoms with Gasteiger partial charge in [0.15, 0.2) is 11.0 Å². The van der Waals surface area contributed by atoms with Gasteiger partial charge in [0.25, 0.3) is 0 Å². The number of aryl methyl sites for hydroxylation is 2. The number of hydrogen-bond acceptors (Lipinski definition) is 7. The number of aromatic nitrogens is 5. The van der Waals surface area contributed by atoms with Crippen LogP contribution in [0.2, 0.25) is 0 Å². The van der Waals surface area contributed by atoms with E-state index in [2.05, 4.69) is 61.0 Å². The molecule has 4 rings (SSSR count). The van der Waals surface area contributed by atoms with Crippen molar-refractivity contribution in [2.45, 2.75) is 50.4 Å². The molecule has 0 radical (unpaired) electrons. The summed E-state index contributed by atoms with van der Waals surface area (Å²) < 4.78 is 7.46. The highest BCUT2D eigenvalue weighted by Crippen LogP contribution is 2.30. The Hall–Kier alpha value is -2.35. The van der Waals surface area contributed by atoms with Crippen molar-refractivity contribution >= 4 is 17.7 Å². The SMILES string of the molecule is CCc1noc(CSc2nnc(N3CCCCC3)n2-c2ccc(C)cc2)n1. The van der Waals surface area contributed by atoms with Crippen LogP contribution in [-0.4, -0.2) is 38.0 Å². The number of thioether (sulfide) groups is 1. The first-order valence-corrected chi connectivity index (χ1v) is 10.4. The van der Waals surface area contributed by atoms with Gasteiger partial charge in [0.1, 0.15) is 0 Å². The van der Waals surface area contributed by atoms with E-state index < -0.39 is 0 Å². The average Bonchev–Trinajstić information content (AvgIpc) is 3.34. The molecular formula is C19H24N6OS. The van der Waals surface area contributed by atoms with Crippen LogP contribution in [0.4, 0.5) is 5.95 Å². The van der Waals surface area contributed by atoms with E-state index in [4.69, 9.17) is 4.52 Å². The number of nitrogens with zero attached hydrogens (tertiary/aromatic N) is 6. The van der Waals surface area contributed by atoms with Crippen molar-refractivity contribution in [3.05, 3.63) is 41.5 Å². The Morgan fingerprint density at radius 2 is 1.85 bits per heavy atom. The van der Waals surface area contributed by atoms with Gasteiger partial charge in [0, 0.05) is 19.5 Å². The Morgan fingerprint density at radius 1 is 1.07 bits per heavy atom. The van der Waals surface area contributed by atoms with Crippen LogP contribution in [0.25, 0.3) is 5.69 Å².